The molecule has 4 rings (SSSR count). The Morgan fingerprint density at radius 3 is 3.00 bits per heavy atom. The maximum Gasteiger partial charge on any atom is 0.188 e. The van der Waals surface area contributed by atoms with Gasteiger partial charge in [0.2, 0.25) is 0 Å². The van der Waals surface area contributed by atoms with E-state index in [-0.39, 0.29) is 11.0 Å². The number of hydrogen-bond acceptors (Lipinski definition) is 3. The summed E-state index contributed by atoms with van der Waals surface area (Å²) in [6, 6.07) is 6.36. The monoisotopic (exact) mass is 271 g/mol. The van der Waals surface area contributed by atoms with E-state index in [2.05, 4.69) is 19.1 Å². The van der Waals surface area contributed by atoms with Crippen molar-refractivity contribution < 1.29 is 9.47 Å². The van der Waals surface area contributed by atoms with Crippen LogP contribution in [0.15, 0.2) is 18.2 Å². The van der Waals surface area contributed by atoms with Gasteiger partial charge < -0.3 is 9.47 Å². The summed E-state index contributed by atoms with van der Waals surface area (Å²) in [6.45, 7) is 2.23. The molecule has 0 amide bonds. The van der Waals surface area contributed by atoms with Crippen LogP contribution in [0.4, 0.5) is 0 Å². The second kappa shape index (κ2) is 3.78. The van der Waals surface area contributed by atoms with Crippen molar-refractivity contribution in [2.24, 2.45) is 11.3 Å². The van der Waals surface area contributed by atoms with Gasteiger partial charge in [-0.15, -0.1) is 0 Å². The lowest BCUT2D eigenvalue weighted by molar-refractivity contribution is -0.0275. The largest absolute Gasteiger partial charge is 0.497 e. The van der Waals surface area contributed by atoms with Gasteiger partial charge in [-0.2, -0.15) is 0 Å². The summed E-state index contributed by atoms with van der Waals surface area (Å²) in [5, 5.41) is 8.34. The summed E-state index contributed by atoms with van der Waals surface area (Å²) in [4.78, 5) is 0. The molecule has 0 aromatic heterocycles. The molecule has 3 nitrogen and oxygen atoms in total. The first-order valence-corrected chi connectivity index (χ1v) is 7.55. The standard InChI is InChI=1S/C17H21NO2/c1-16-8-3-9-17(20-15(16)18)13-6-5-12(19-2)10-11(13)4-7-14(16)17/h5-6,10,14,18H,3-4,7-9H2,1-2H3/t14?,16-,17-/m0/s1. The van der Waals surface area contributed by atoms with E-state index in [0.29, 0.717) is 11.8 Å². The Labute approximate surface area is 119 Å². The maximum absolute atomic E-state index is 8.34. The smallest absolute Gasteiger partial charge is 0.188 e. The highest BCUT2D eigenvalue weighted by Crippen LogP contribution is 2.63. The van der Waals surface area contributed by atoms with E-state index in [1.165, 1.54) is 11.1 Å². The van der Waals surface area contributed by atoms with Crippen LogP contribution in [0.1, 0.15) is 43.7 Å². The molecule has 0 spiro atoms. The number of hydrogen-bond donors (Lipinski definition) is 1. The summed E-state index contributed by atoms with van der Waals surface area (Å²) >= 11 is 0. The zero-order valence-corrected chi connectivity index (χ0v) is 12.2. The Balaban J connectivity index is 1.89. The number of fused-ring (bicyclic) bond motifs is 1. The van der Waals surface area contributed by atoms with Crippen molar-refractivity contribution in [1.82, 2.24) is 0 Å². The number of methoxy groups -OCH3 is 1. The summed E-state index contributed by atoms with van der Waals surface area (Å²) in [5.74, 6) is 1.91. The highest BCUT2D eigenvalue weighted by Gasteiger charge is 2.64. The molecule has 3 heteroatoms. The minimum Gasteiger partial charge on any atom is -0.497 e. The second-order valence-electron chi connectivity index (χ2n) is 6.71. The molecule has 1 saturated carbocycles. The Morgan fingerprint density at radius 1 is 1.35 bits per heavy atom. The molecule has 1 heterocycles. The third-order valence-electron chi connectivity index (χ3n) is 5.85. The minimum atomic E-state index is -0.232. The molecule has 1 saturated heterocycles. The number of benzene rings is 1. The lowest BCUT2D eigenvalue weighted by Gasteiger charge is -2.46. The van der Waals surface area contributed by atoms with Gasteiger partial charge in [-0.25, -0.2) is 0 Å². The Kier molecular flexibility index (Phi) is 2.31. The molecule has 2 aliphatic carbocycles. The van der Waals surface area contributed by atoms with Gasteiger partial charge in [0.15, 0.2) is 5.90 Å². The van der Waals surface area contributed by atoms with Crippen molar-refractivity contribution in [2.75, 3.05) is 7.11 Å². The molecule has 1 aromatic carbocycles. The lowest BCUT2D eigenvalue weighted by Crippen LogP contribution is -2.45. The van der Waals surface area contributed by atoms with Crippen molar-refractivity contribution in [1.29, 1.82) is 5.41 Å². The molecule has 1 aromatic rings. The average molecular weight is 271 g/mol. The number of aryl methyl sites for hydroxylation is 1. The van der Waals surface area contributed by atoms with Crippen LogP contribution >= 0.6 is 0 Å². The molecule has 0 radical (unpaired) electrons. The molecule has 2 bridgehead atoms. The van der Waals surface area contributed by atoms with E-state index in [9.17, 15) is 0 Å². The predicted octanol–water partition coefficient (Wildman–Crippen LogP) is 3.65. The molecule has 3 aliphatic rings. The molecular weight excluding hydrogens is 250 g/mol. The number of rotatable bonds is 1. The molecule has 2 fully saturated rings. The van der Waals surface area contributed by atoms with Crippen LogP contribution in [0.5, 0.6) is 5.75 Å². The molecule has 1 N–H and O–H groups in total. The topological polar surface area (TPSA) is 42.3 Å². The Bertz CT molecular complexity index is 597. The number of nitrogens with one attached hydrogen (secondary N) is 1. The van der Waals surface area contributed by atoms with E-state index in [1.807, 2.05) is 6.07 Å². The summed E-state index contributed by atoms with van der Waals surface area (Å²) in [6.07, 6.45) is 5.50. The fourth-order valence-corrected chi connectivity index (χ4v) is 4.82. The number of ether oxygens (including phenoxy) is 2. The fraction of sp³-hybridized carbons (Fsp3) is 0.588. The summed E-state index contributed by atoms with van der Waals surface area (Å²) < 4.78 is 11.6. The molecule has 20 heavy (non-hydrogen) atoms. The van der Waals surface area contributed by atoms with E-state index >= 15 is 0 Å². The molecular formula is C17H21NO2. The van der Waals surface area contributed by atoms with E-state index in [1.54, 1.807) is 7.11 Å². The first-order valence-electron chi connectivity index (χ1n) is 7.55. The Hall–Kier alpha value is -1.51. The van der Waals surface area contributed by atoms with Gasteiger partial charge >= 0.3 is 0 Å². The lowest BCUT2D eigenvalue weighted by atomic mass is 9.56. The Morgan fingerprint density at radius 2 is 2.20 bits per heavy atom. The predicted molar refractivity (Wildman–Crippen MR) is 77.3 cm³/mol. The maximum atomic E-state index is 8.34. The van der Waals surface area contributed by atoms with Crippen molar-refractivity contribution in [3.8, 4) is 5.75 Å². The quantitative estimate of drug-likeness (QED) is 0.847. The molecule has 1 unspecified atom stereocenters. The zero-order chi connectivity index (χ0) is 14.0. The van der Waals surface area contributed by atoms with Gasteiger partial charge in [-0.05, 0) is 55.4 Å². The van der Waals surface area contributed by atoms with Crippen molar-refractivity contribution in [3.05, 3.63) is 29.3 Å². The summed E-state index contributed by atoms with van der Waals surface area (Å²) in [5.41, 5.74) is 2.38. The third-order valence-corrected chi connectivity index (χ3v) is 5.85. The van der Waals surface area contributed by atoms with Crippen LogP contribution in [0.3, 0.4) is 0 Å². The van der Waals surface area contributed by atoms with Crippen LogP contribution in [-0.2, 0) is 16.8 Å². The van der Waals surface area contributed by atoms with Gasteiger partial charge in [0, 0.05) is 5.92 Å². The van der Waals surface area contributed by atoms with Gasteiger partial charge in [-0.1, -0.05) is 13.0 Å². The minimum absolute atomic E-state index is 0.0458. The van der Waals surface area contributed by atoms with Gasteiger partial charge in [0.05, 0.1) is 12.5 Å². The second-order valence-corrected chi connectivity index (χ2v) is 6.71. The first kappa shape index (κ1) is 12.2. The van der Waals surface area contributed by atoms with Crippen molar-refractivity contribution in [2.45, 2.75) is 44.6 Å². The van der Waals surface area contributed by atoms with Crippen LogP contribution in [0.25, 0.3) is 0 Å². The van der Waals surface area contributed by atoms with Crippen LogP contribution in [0, 0.1) is 16.7 Å². The highest BCUT2D eigenvalue weighted by molar-refractivity contribution is 5.83. The van der Waals surface area contributed by atoms with Crippen LogP contribution in [0.2, 0.25) is 0 Å². The van der Waals surface area contributed by atoms with E-state index < -0.39 is 0 Å². The third kappa shape index (κ3) is 1.28. The SMILES string of the molecule is COc1ccc2c(c1)CCC1[C@]23CCC[C@]1(C)C(=N)O3. The zero-order valence-electron chi connectivity index (χ0n) is 12.2. The summed E-state index contributed by atoms with van der Waals surface area (Å²) in [7, 11) is 1.71. The molecule has 3 atom stereocenters. The van der Waals surface area contributed by atoms with Crippen LogP contribution < -0.4 is 4.74 Å². The average Bonchev–Trinajstić information content (AvgIpc) is 2.58. The first-order chi connectivity index (χ1) is 9.60. The van der Waals surface area contributed by atoms with Gasteiger partial charge in [0.25, 0.3) is 0 Å². The van der Waals surface area contributed by atoms with Crippen LogP contribution in [-0.4, -0.2) is 13.0 Å². The normalized spacial score (nSPS) is 37.9. The highest BCUT2D eigenvalue weighted by atomic mass is 16.5. The molecule has 1 aliphatic heterocycles. The van der Waals surface area contributed by atoms with Gasteiger partial charge in [0.1, 0.15) is 11.4 Å². The van der Waals surface area contributed by atoms with Crippen molar-refractivity contribution in [3.63, 3.8) is 0 Å². The van der Waals surface area contributed by atoms with Gasteiger partial charge in [-0.3, -0.25) is 5.41 Å². The van der Waals surface area contributed by atoms with E-state index in [4.69, 9.17) is 14.9 Å². The fourth-order valence-electron chi connectivity index (χ4n) is 4.82. The molecule has 106 valence electrons. The van der Waals surface area contributed by atoms with Crippen molar-refractivity contribution >= 4 is 5.90 Å². The van der Waals surface area contributed by atoms with E-state index in [0.717, 1.165) is 37.9 Å².